The lowest BCUT2D eigenvalue weighted by Gasteiger charge is -2.16. The Morgan fingerprint density at radius 2 is 2.00 bits per heavy atom. The summed E-state index contributed by atoms with van der Waals surface area (Å²) in [6.07, 6.45) is 1.50. The first-order valence-corrected chi connectivity index (χ1v) is 7.68. The number of nitrogens with one attached hydrogen (secondary N) is 1. The molecular formula is C18H19FN4O. The molecule has 0 saturated carbocycles. The Bertz CT molecular complexity index is 776. The second-order valence-electron chi connectivity index (χ2n) is 5.63. The van der Waals surface area contributed by atoms with Crippen molar-refractivity contribution in [1.82, 2.24) is 20.1 Å². The van der Waals surface area contributed by atoms with Gasteiger partial charge < -0.3 is 4.74 Å². The van der Waals surface area contributed by atoms with Crippen LogP contribution >= 0.6 is 0 Å². The molecule has 0 fully saturated rings. The molecule has 1 aromatic heterocycles. The summed E-state index contributed by atoms with van der Waals surface area (Å²) in [6, 6.07) is 14.5. The molecule has 0 atom stereocenters. The van der Waals surface area contributed by atoms with Gasteiger partial charge in [0.25, 0.3) is 0 Å². The number of aromatic amines is 1. The highest BCUT2D eigenvalue weighted by molar-refractivity contribution is 5.29. The van der Waals surface area contributed by atoms with Crippen LogP contribution in [0.1, 0.15) is 17.0 Å². The van der Waals surface area contributed by atoms with Crippen molar-refractivity contribution in [3.05, 3.63) is 77.6 Å². The number of nitrogens with zero attached hydrogens (tertiary/aromatic N) is 3. The highest BCUT2D eigenvalue weighted by atomic mass is 19.1. The van der Waals surface area contributed by atoms with Gasteiger partial charge in [-0.1, -0.05) is 30.3 Å². The average molecular weight is 326 g/mol. The van der Waals surface area contributed by atoms with E-state index >= 15 is 0 Å². The van der Waals surface area contributed by atoms with Gasteiger partial charge in [0, 0.05) is 12.1 Å². The summed E-state index contributed by atoms with van der Waals surface area (Å²) in [7, 11) is 2.01. The van der Waals surface area contributed by atoms with Crippen molar-refractivity contribution < 1.29 is 9.13 Å². The zero-order valence-corrected chi connectivity index (χ0v) is 13.4. The summed E-state index contributed by atoms with van der Waals surface area (Å²) in [6.45, 7) is 1.64. The zero-order valence-electron chi connectivity index (χ0n) is 13.4. The minimum Gasteiger partial charge on any atom is -0.489 e. The van der Waals surface area contributed by atoms with Crippen molar-refractivity contribution in [3.8, 4) is 5.75 Å². The minimum absolute atomic E-state index is 0.212. The lowest BCUT2D eigenvalue weighted by molar-refractivity contribution is 0.295. The third-order valence-electron chi connectivity index (χ3n) is 3.59. The van der Waals surface area contributed by atoms with Crippen LogP contribution in [0.4, 0.5) is 4.39 Å². The maximum absolute atomic E-state index is 13.6. The molecule has 0 aliphatic carbocycles. The number of halogens is 1. The Labute approximate surface area is 140 Å². The van der Waals surface area contributed by atoms with Crippen molar-refractivity contribution in [1.29, 1.82) is 0 Å². The van der Waals surface area contributed by atoms with Crippen LogP contribution in [-0.2, 0) is 19.7 Å². The van der Waals surface area contributed by atoms with Gasteiger partial charge in [0.2, 0.25) is 0 Å². The maximum atomic E-state index is 13.6. The minimum atomic E-state index is -0.250. The molecule has 0 bridgehead atoms. The molecule has 3 rings (SSSR count). The molecule has 0 amide bonds. The van der Waals surface area contributed by atoms with E-state index in [1.807, 2.05) is 31.3 Å². The molecule has 5 nitrogen and oxygen atoms in total. The third kappa shape index (κ3) is 4.39. The van der Waals surface area contributed by atoms with Crippen molar-refractivity contribution >= 4 is 0 Å². The van der Waals surface area contributed by atoms with E-state index in [2.05, 4.69) is 20.1 Å². The molecule has 124 valence electrons. The lowest BCUT2D eigenvalue weighted by atomic mass is 10.2. The summed E-state index contributed by atoms with van der Waals surface area (Å²) < 4.78 is 19.3. The first kappa shape index (κ1) is 16.1. The fourth-order valence-corrected chi connectivity index (χ4v) is 2.44. The molecule has 1 heterocycles. The van der Waals surface area contributed by atoms with E-state index in [0.717, 1.165) is 23.7 Å². The average Bonchev–Trinajstić information content (AvgIpc) is 3.07. The number of hydrogen-bond donors (Lipinski definition) is 1. The molecule has 2 aromatic carbocycles. The summed E-state index contributed by atoms with van der Waals surface area (Å²) >= 11 is 0. The normalized spacial score (nSPS) is 11.0. The quantitative estimate of drug-likeness (QED) is 0.725. The third-order valence-corrected chi connectivity index (χ3v) is 3.59. The largest absolute Gasteiger partial charge is 0.489 e. The molecule has 0 radical (unpaired) electrons. The van der Waals surface area contributed by atoms with Crippen molar-refractivity contribution in [2.24, 2.45) is 0 Å². The van der Waals surface area contributed by atoms with Crippen LogP contribution in [-0.4, -0.2) is 27.1 Å². The summed E-state index contributed by atoms with van der Waals surface area (Å²) in [5.74, 6) is 1.30. The number of ether oxygens (including phenoxy) is 1. The smallest absolute Gasteiger partial charge is 0.138 e. The van der Waals surface area contributed by atoms with Crippen LogP contribution < -0.4 is 4.74 Å². The van der Waals surface area contributed by atoms with Gasteiger partial charge in [-0.3, -0.25) is 10.00 Å². The summed E-state index contributed by atoms with van der Waals surface area (Å²) in [5.41, 5.74) is 1.66. The molecule has 0 aliphatic rings. The summed E-state index contributed by atoms with van der Waals surface area (Å²) in [4.78, 5) is 6.24. The van der Waals surface area contributed by atoms with Gasteiger partial charge in [-0.05, 0) is 30.8 Å². The number of rotatable bonds is 7. The van der Waals surface area contributed by atoms with Crippen LogP contribution in [0.25, 0.3) is 0 Å². The first-order chi connectivity index (χ1) is 11.7. The van der Waals surface area contributed by atoms with Gasteiger partial charge in [0.15, 0.2) is 0 Å². The van der Waals surface area contributed by atoms with E-state index < -0.39 is 0 Å². The Morgan fingerprint density at radius 1 is 1.12 bits per heavy atom. The van der Waals surface area contributed by atoms with Gasteiger partial charge in [0.1, 0.15) is 30.3 Å². The Kier molecular flexibility index (Phi) is 5.18. The van der Waals surface area contributed by atoms with E-state index in [0.29, 0.717) is 12.1 Å². The molecule has 0 aliphatic heterocycles. The Morgan fingerprint density at radius 3 is 2.79 bits per heavy atom. The van der Waals surface area contributed by atoms with E-state index in [4.69, 9.17) is 4.74 Å². The van der Waals surface area contributed by atoms with Crippen LogP contribution in [0, 0.1) is 5.82 Å². The zero-order chi connectivity index (χ0) is 16.8. The maximum Gasteiger partial charge on any atom is 0.138 e. The number of H-pyrrole nitrogens is 1. The predicted octanol–water partition coefficient (Wildman–Crippen LogP) is 3.15. The predicted molar refractivity (Wildman–Crippen MR) is 88.7 cm³/mol. The van der Waals surface area contributed by atoms with Gasteiger partial charge in [0.05, 0.1) is 6.54 Å². The number of hydrogen-bond acceptors (Lipinski definition) is 4. The Hall–Kier alpha value is -2.73. The molecule has 0 spiro atoms. The molecule has 24 heavy (non-hydrogen) atoms. The van der Waals surface area contributed by atoms with Crippen LogP contribution in [0.3, 0.4) is 0 Å². The Balaban J connectivity index is 1.58. The second kappa shape index (κ2) is 7.70. The van der Waals surface area contributed by atoms with Crippen LogP contribution in [0.2, 0.25) is 0 Å². The van der Waals surface area contributed by atoms with Gasteiger partial charge in [-0.2, -0.15) is 5.10 Å². The molecule has 3 aromatic rings. The molecule has 1 N–H and O–H groups in total. The SMILES string of the molecule is CN(Cc1cccc(OCc2ccccc2F)c1)Cc1ncn[nH]1. The second-order valence-corrected chi connectivity index (χ2v) is 5.63. The monoisotopic (exact) mass is 326 g/mol. The van der Waals surface area contributed by atoms with E-state index in [-0.39, 0.29) is 12.4 Å². The number of aromatic nitrogens is 3. The van der Waals surface area contributed by atoms with Crippen LogP contribution in [0.5, 0.6) is 5.75 Å². The standard InChI is InChI=1S/C18H19FN4O/c1-23(11-18-20-13-21-22-18)10-14-5-4-7-16(9-14)24-12-15-6-2-3-8-17(15)19/h2-9,13H,10-12H2,1H3,(H,20,21,22). The number of benzene rings is 2. The van der Waals surface area contributed by atoms with Gasteiger partial charge >= 0.3 is 0 Å². The van der Waals surface area contributed by atoms with E-state index in [1.54, 1.807) is 18.2 Å². The summed E-state index contributed by atoms with van der Waals surface area (Å²) in [5, 5.41) is 6.69. The van der Waals surface area contributed by atoms with Crippen molar-refractivity contribution in [2.45, 2.75) is 19.7 Å². The van der Waals surface area contributed by atoms with Crippen molar-refractivity contribution in [2.75, 3.05) is 7.05 Å². The van der Waals surface area contributed by atoms with Gasteiger partial charge in [-0.15, -0.1) is 0 Å². The fourth-order valence-electron chi connectivity index (χ4n) is 2.44. The van der Waals surface area contributed by atoms with Crippen molar-refractivity contribution in [3.63, 3.8) is 0 Å². The topological polar surface area (TPSA) is 54.0 Å². The van der Waals surface area contributed by atoms with E-state index in [9.17, 15) is 4.39 Å². The highest BCUT2D eigenvalue weighted by Gasteiger charge is 2.06. The van der Waals surface area contributed by atoms with Gasteiger partial charge in [-0.25, -0.2) is 9.37 Å². The van der Waals surface area contributed by atoms with E-state index in [1.165, 1.54) is 12.4 Å². The molecule has 0 saturated heterocycles. The molecule has 6 heteroatoms. The molecule has 0 unspecified atom stereocenters. The first-order valence-electron chi connectivity index (χ1n) is 7.68. The highest BCUT2D eigenvalue weighted by Crippen LogP contribution is 2.17. The lowest BCUT2D eigenvalue weighted by Crippen LogP contribution is -2.18. The molecular weight excluding hydrogens is 307 g/mol. The van der Waals surface area contributed by atoms with Crippen LogP contribution in [0.15, 0.2) is 54.9 Å². The fraction of sp³-hybridized carbons (Fsp3) is 0.222.